The number of nitrogens with two attached hydrogens (primary N) is 1. The minimum absolute atomic E-state index is 0.0557. The smallest absolute Gasteiger partial charge is 0.226 e. The number of carbonyl (C=O) groups is 1. The molecule has 21 heavy (non-hydrogen) atoms. The van der Waals surface area contributed by atoms with Gasteiger partial charge < -0.3 is 15.8 Å². The van der Waals surface area contributed by atoms with Gasteiger partial charge in [-0.15, -0.1) is 11.3 Å². The molecule has 2 aromatic rings. The lowest BCUT2D eigenvalue weighted by molar-refractivity contribution is -0.117. The van der Waals surface area contributed by atoms with Crippen molar-refractivity contribution in [2.75, 3.05) is 24.3 Å². The molecule has 0 saturated heterocycles. The molecule has 2 rings (SSSR count). The minimum atomic E-state index is -0.0557. The Morgan fingerprint density at radius 2 is 2.19 bits per heavy atom. The van der Waals surface area contributed by atoms with Crippen LogP contribution in [0.3, 0.4) is 0 Å². The van der Waals surface area contributed by atoms with Crippen LogP contribution in [-0.2, 0) is 16.0 Å². The first-order valence-corrected chi connectivity index (χ1v) is 7.79. The first kappa shape index (κ1) is 15.5. The SMILES string of the molecule is Cc1ccc(N)cc1NC(=O)CCOCCc1cccs1. The van der Waals surface area contributed by atoms with Gasteiger partial charge in [0.2, 0.25) is 5.91 Å². The van der Waals surface area contributed by atoms with Gasteiger partial charge in [-0.2, -0.15) is 0 Å². The van der Waals surface area contributed by atoms with Crippen molar-refractivity contribution in [3.05, 3.63) is 46.2 Å². The van der Waals surface area contributed by atoms with Gasteiger partial charge in [-0.3, -0.25) is 4.79 Å². The molecule has 0 spiro atoms. The van der Waals surface area contributed by atoms with Crippen LogP contribution in [0.2, 0.25) is 0 Å². The molecule has 1 amide bonds. The normalized spacial score (nSPS) is 10.5. The Morgan fingerprint density at radius 1 is 1.33 bits per heavy atom. The van der Waals surface area contributed by atoms with Crippen LogP contribution in [0.1, 0.15) is 16.9 Å². The number of nitrogen functional groups attached to an aromatic ring is 1. The third-order valence-corrected chi connectivity index (χ3v) is 4.02. The summed E-state index contributed by atoms with van der Waals surface area (Å²) in [4.78, 5) is 13.1. The first-order valence-electron chi connectivity index (χ1n) is 6.91. The molecular weight excluding hydrogens is 284 g/mol. The molecule has 0 fully saturated rings. The quantitative estimate of drug-likeness (QED) is 0.610. The number of anilines is 2. The van der Waals surface area contributed by atoms with Crippen molar-refractivity contribution >= 4 is 28.6 Å². The van der Waals surface area contributed by atoms with E-state index in [4.69, 9.17) is 10.5 Å². The second-order valence-electron chi connectivity index (χ2n) is 4.81. The van der Waals surface area contributed by atoms with Crippen LogP contribution < -0.4 is 11.1 Å². The van der Waals surface area contributed by atoms with Crippen molar-refractivity contribution in [3.63, 3.8) is 0 Å². The Morgan fingerprint density at radius 3 is 2.95 bits per heavy atom. The maximum atomic E-state index is 11.8. The summed E-state index contributed by atoms with van der Waals surface area (Å²) in [5.74, 6) is -0.0557. The van der Waals surface area contributed by atoms with Crippen LogP contribution in [0.25, 0.3) is 0 Å². The van der Waals surface area contributed by atoms with Gasteiger partial charge in [0.25, 0.3) is 0 Å². The standard InChI is InChI=1S/C16H20N2O2S/c1-12-4-5-13(17)11-15(12)18-16(19)7-9-20-8-6-14-3-2-10-21-14/h2-5,10-11H,6-9,17H2,1H3,(H,18,19). The Labute approximate surface area is 128 Å². The molecule has 0 aliphatic rings. The number of benzene rings is 1. The van der Waals surface area contributed by atoms with Crippen LogP contribution in [0.5, 0.6) is 0 Å². The zero-order valence-electron chi connectivity index (χ0n) is 12.1. The molecule has 0 bridgehead atoms. The number of ether oxygens (including phenoxy) is 1. The Kier molecular flexibility index (Phi) is 5.78. The van der Waals surface area contributed by atoms with E-state index in [0.29, 0.717) is 25.3 Å². The van der Waals surface area contributed by atoms with E-state index in [9.17, 15) is 4.79 Å². The van der Waals surface area contributed by atoms with E-state index in [1.54, 1.807) is 17.4 Å². The van der Waals surface area contributed by atoms with Crippen molar-refractivity contribution in [1.29, 1.82) is 0 Å². The van der Waals surface area contributed by atoms with E-state index in [-0.39, 0.29) is 5.91 Å². The number of rotatable bonds is 7. The third kappa shape index (κ3) is 5.21. The van der Waals surface area contributed by atoms with Crippen molar-refractivity contribution in [2.45, 2.75) is 19.8 Å². The molecule has 0 radical (unpaired) electrons. The van der Waals surface area contributed by atoms with Crippen molar-refractivity contribution in [2.24, 2.45) is 0 Å². The first-order chi connectivity index (χ1) is 10.1. The molecular formula is C16H20N2O2S. The van der Waals surface area contributed by atoms with Gasteiger partial charge in [-0.05, 0) is 36.1 Å². The number of hydrogen-bond donors (Lipinski definition) is 2. The highest BCUT2D eigenvalue weighted by molar-refractivity contribution is 7.09. The highest BCUT2D eigenvalue weighted by atomic mass is 32.1. The number of amides is 1. The molecule has 3 N–H and O–H groups in total. The van der Waals surface area contributed by atoms with Gasteiger partial charge in [0.1, 0.15) is 0 Å². The average Bonchev–Trinajstić information content (AvgIpc) is 2.96. The number of thiophene rings is 1. The molecule has 0 saturated carbocycles. The van der Waals surface area contributed by atoms with E-state index >= 15 is 0 Å². The summed E-state index contributed by atoms with van der Waals surface area (Å²) in [5, 5.41) is 4.91. The summed E-state index contributed by atoms with van der Waals surface area (Å²) >= 11 is 1.72. The maximum Gasteiger partial charge on any atom is 0.226 e. The summed E-state index contributed by atoms with van der Waals surface area (Å²) in [6, 6.07) is 9.59. The molecule has 0 aliphatic carbocycles. The maximum absolute atomic E-state index is 11.8. The van der Waals surface area contributed by atoms with Crippen molar-refractivity contribution in [3.8, 4) is 0 Å². The summed E-state index contributed by atoms with van der Waals surface area (Å²) in [6.45, 7) is 3.01. The number of nitrogens with one attached hydrogen (secondary N) is 1. The van der Waals surface area contributed by atoms with Crippen LogP contribution in [0.4, 0.5) is 11.4 Å². The van der Waals surface area contributed by atoms with E-state index < -0.39 is 0 Å². The van der Waals surface area contributed by atoms with E-state index in [2.05, 4.69) is 16.8 Å². The average molecular weight is 304 g/mol. The lowest BCUT2D eigenvalue weighted by atomic mass is 10.2. The fourth-order valence-electron chi connectivity index (χ4n) is 1.88. The van der Waals surface area contributed by atoms with Gasteiger partial charge in [-0.1, -0.05) is 12.1 Å². The molecule has 1 aromatic heterocycles. The lowest BCUT2D eigenvalue weighted by Gasteiger charge is -2.09. The van der Waals surface area contributed by atoms with E-state index in [1.807, 2.05) is 25.1 Å². The van der Waals surface area contributed by atoms with Gasteiger partial charge in [0.15, 0.2) is 0 Å². The highest BCUT2D eigenvalue weighted by Crippen LogP contribution is 2.18. The molecule has 1 aromatic carbocycles. The fraction of sp³-hybridized carbons (Fsp3) is 0.312. The van der Waals surface area contributed by atoms with Crippen LogP contribution in [0, 0.1) is 6.92 Å². The van der Waals surface area contributed by atoms with Gasteiger partial charge in [-0.25, -0.2) is 0 Å². The molecule has 1 heterocycles. The largest absolute Gasteiger partial charge is 0.399 e. The van der Waals surface area contributed by atoms with E-state index in [1.165, 1.54) is 4.88 Å². The number of hydrogen-bond acceptors (Lipinski definition) is 4. The summed E-state index contributed by atoms with van der Waals surface area (Å²) in [7, 11) is 0. The lowest BCUT2D eigenvalue weighted by Crippen LogP contribution is -2.15. The van der Waals surface area contributed by atoms with Crippen LogP contribution in [0.15, 0.2) is 35.7 Å². The topological polar surface area (TPSA) is 64.3 Å². The van der Waals surface area contributed by atoms with E-state index in [0.717, 1.165) is 17.7 Å². The minimum Gasteiger partial charge on any atom is -0.399 e. The van der Waals surface area contributed by atoms with Crippen molar-refractivity contribution < 1.29 is 9.53 Å². The zero-order chi connectivity index (χ0) is 15.1. The molecule has 112 valence electrons. The van der Waals surface area contributed by atoms with Gasteiger partial charge in [0.05, 0.1) is 19.6 Å². The Bertz CT molecular complexity index is 582. The molecule has 5 heteroatoms. The number of carbonyl (C=O) groups excluding carboxylic acids is 1. The summed E-state index contributed by atoms with van der Waals surface area (Å²) in [6.07, 6.45) is 1.24. The van der Waals surface area contributed by atoms with Crippen LogP contribution in [-0.4, -0.2) is 19.1 Å². The number of aryl methyl sites for hydroxylation is 1. The van der Waals surface area contributed by atoms with Gasteiger partial charge in [0, 0.05) is 22.7 Å². The summed E-state index contributed by atoms with van der Waals surface area (Å²) < 4.78 is 5.49. The molecule has 0 aliphatic heterocycles. The Balaban J connectivity index is 1.66. The van der Waals surface area contributed by atoms with Crippen molar-refractivity contribution in [1.82, 2.24) is 0 Å². The van der Waals surface area contributed by atoms with Crippen LogP contribution >= 0.6 is 11.3 Å². The van der Waals surface area contributed by atoms with Gasteiger partial charge >= 0.3 is 0 Å². The molecule has 4 nitrogen and oxygen atoms in total. The fourth-order valence-corrected chi connectivity index (χ4v) is 2.57. The Hall–Kier alpha value is -1.85. The summed E-state index contributed by atoms with van der Waals surface area (Å²) in [5.41, 5.74) is 8.12. The third-order valence-electron chi connectivity index (χ3n) is 3.08. The molecule has 0 unspecified atom stereocenters. The molecule has 0 atom stereocenters. The second-order valence-corrected chi connectivity index (χ2v) is 5.85. The zero-order valence-corrected chi connectivity index (χ0v) is 12.9. The highest BCUT2D eigenvalue weighted by Gasteiger charge is 2.05. The second kappa shape index (κ2) is 7.81. The monoisotopic (exact) mass is 304 g/mol. The predicted molar refractivity (Wildman–Crippen MR) is 87.7 cm³/mol. The predicted octanol–water partition coefficient (Wildman–Crippen LogP) is 3.23.